The molecular weight excluding hydrogens is 325 g/mol. The quantitative estimate of drug-likeness (QED) is 0.356. The standard InChI is InChI=1S/C13H16F3O3S2/c1-4-11(20(2)3)12(10-8-6-5-7-9-10)19-21(17,18)13(14,15)16/h5-9H,4H2,1-3H3/q+1/b12-11-. The molecule has 118 valence electrons. The minimum absolute atomic E-state index is 0.233. The molecule has 0 saturated heterocycles. The summed E-state index contributed by atoms with van der Waals surface area (Å²) in [5.74, 6) is -0.233. The molecule has 0 radical (unpaired) electrons. The first-order valence-electron chi connectivity index (χ1n) is 5.97. The second-order valence-electron chi connectivity index (χ2n) is 4.27. The van der Waals surface area contributed by atoms with Gasteiger partial charge in [-0.05, 0) is 0 Å². The van der Waals surface area contributed by atoms with Gasteiger partial charge in [-0.1, -0.05) is 37.3 Å². The molecule has 0 aliphatic rings. The van der Waals surface area contributed by atoms with Crippen molar-refractivity contribution in [1.29, 1.82) is 0 Å². The first-order valence-corrected chi connectivity index (χ1v) is 9.42. The lowest BCUT2D eigenvalue weighted by Gasteiger charge is -2.14. The molecule has 0 spiro atoms. The average molecular weight is 341 g/mol. The molecule has 0 aliphatic heterocycles. The molecule has 21 heavy (non-hydrogen) atoms. The Labute approximate surface area is 125 Å². The maximum Gasteiger partial charge on any atom is 0.534 e. The van der Waals surface area contributed by atoms with E-state index in [2.05, 4.69) is 4.18 Å². The fourth-order valence-corrected chi connectivity index (χ4v) is 3.31. The fourth-order valence-electron chi connectivity index (χ4n) is 1.64. The first-order chi connectivity index (χ1) is 9.60. The van der Waals surface area contributed by atoms with Crippen LogP contribution >= 0.6 is 0 Å². The summed E-state index contributed by atoms with van der Waals surface area (Å²) in [4.78, 5) is 0.536. The second-order valence-corrected chi connectivity index (χ2v) is 7.94. The number of halogens is 3. The smallest absolute Gasteiger partial charge is 0.370 e. The van der Waals surface area contributed by atoms with Crippen molar-refractivity contribution in [2.75, 3.05) is 12.5 Å². The van der Waals surface area contributed by atoms with Crippen molar-refractivity contribution in [2.45, 2.75) is 18.9 Å². The average Bonchev–Trinajstić information content (AvgIpc) is 2.37. The summed E-state index contributed by atoms with van der Waals surface area (Å²) in [6.07, 6.45) is 3.99. The van der Waals surface area contributed by atoms with Gasteiger partial charge in [0.2, 0.25) is 0 Å². The molecule has 1 aromatic rings. The Kier molecular flexibility index (Phi) is 5.75. The second kappa shape index (κ2) is 6.74. The minimum Gasteiger partial charge on any atom is -0.370 e. The van der Waals surface area contributed by atoms with Crippen LogP contribution in [0, 0.1) is 0 Å². The zero-order valence-electron chi connectivity index (χ0n) is 11.8. The van der Waals surface area contributed by atoms with Crippen LogP contribution in [-0.2, 0) is 25.2 Å². The van der Waals surface area contributed by atoms with Crippen molar-refractivity contribution >= 4 is 26.8 Å². The largest absolute Gasteiger partial charge is 0.534 e. The van der Waals surface area contributed by atoms with Crippen LogP contribution in [0.1, 0.15) is 18.9 Å². The number of rotatable bonds is 5. The fraction of sp³-hybridized carbons (Fsp3) is 0.385. The molecule has 0 saturated carbocycles. The molecule has 0 heterocycles. The number of alkyl halides is 3. The lowest BCUT2D eigenvalue weighted by Crippen LogP contribution is -2.25. The Morgan fingerprint density at radius 1 is 1.19 bits per heavy atom. The van der Waals surface area contributed by atoms with E-state index in [0.29, 0.717) is 16.9 Å². The van der Waals surface area contributed by atoms with Gasteiger partial charge < -0.3 is 4.18 Å². The summed E-state index contributed by atoms with van der Waals surface area (Å²) in [6.45, 7) is 1.74. The van der Waals surface area contributed by atoms with Crippen molar-refractivity contribution in [2.24, 2.45) is 0 Å². The molecule has 0 unspecified atom stereocenters. The first kappa shape index (κ1) is 17.9. The van der Waals surface area contributed by atoms with Crippen molar-refractivity contribution in [3.8, 4) is 0 Å². The van der Waals surface area contributed by atoms with Crippen LogP contribution in [0.15, 0.2) is 35.2 Å². The monoisotopic (exact) mass is 341 g/mol. The van der Waals surface area contributed by atoms with Crippen molar-refractivity contribution in [3.63, 3.8) is 0 Å². The molecule has 0 fully saturated rings. The Hall–Kier alpha value is -1.15. The number of allylic oxidation sites excluding steroid dienone is 1. The number of benzene rings is 1. The zero-order chi connectivity index (χ0) is 16.3. The van der Waals surface area contributed by atoms with Gasteiger partial charge in [-0.3, -0.25) is 0 Å². The summed E-state index contributed by atoms with van der Waals surface area (Å²) in [5, 5.41) is 0. The lowest BCUT2D eigenvalue weighted by atomic mass is 10.1. The van der Waals surface area contributed by atoms with Crippen LogP contribution < -0.4 is 0 Å². The normalized spacial score (nSPS) is 14.0. The van der Waals surface area contributed by atoms with Crippen LogP contribution in [-0.4, -0.2) is 26.4 Å². The molecule has 0 amide bonds. The Balaban J connectivity index is 3.43. The number of hydrogen-bond acceptors (Lipinski definition) is 3. The summed E-state index contributed by atoms with van der Waals surface area (Å²) in [5.41, 5.74) is -5.14. The van der Waals surface area contributed by atoms with Gasteiger partial charge in [0, 0.05) is 22.9 Å². The van der Waals surface area contributed by atoms with E-state index in [-0.39, 0.29) is 5.76 Å². The van der Waals surface area contributed by atoms with Gasteiger partial charge in [0.1, 0.15) is 12.5 Å². The van der Waals surface area contributed by atoms with E-state index in [1.165, 1.54) is 12.1 Å². The molecule has 0 aromatic heterocycles. The molecular formula is C13H16F3O3S2+. The maximum absolute atomic E-state index is 12.5. The van der Waals surface area contributed by atoms with E-state index < -0.39 is 26.5 Å². The van der Waals surface area contributed by atoms with Crippen LogP contribution in [0.2, 0.25) is 0 Å². The van der Waals surface area contributed by atoms with Crippen molar-refractivity contribution in [3.05, 3.63) is 40.8 Å². The summed E-state index contributed by atoms with van der Waals surface area (Å²) in [7, 11) is -6.11. The molecule has 0 bridgehead atoms. The zero-order valence-corrected chi connectivity index (χ0v) is 13.4. The topological polar surface area (TPSA) is 43.4 Å². The lowest BCUT2D eigenvalue weighted by molar-refractivity contribution is -0.0509. The third-order valence-electron chi connectivity index (χ3n) is 2.58. The summed E-state index contributed by atoms with van der Waals surface area (Å²) >= 11 is 0. The van der Waals surface area contributed by atoms with Crippen molar-refractivity contribution in [1.82, 2.24) is 0 Å². The molecule has 0 N–H and O–H groups in total. The Morgan fingerprint density at radius 2 is 1.71 bits per heavy atom. The SMILES string of the molecule is CC/C(=C(/OS(=O)(=O)C(F)(F)F)c1ccccc1)[S+](C)C. The van der Waals surface area contributed by atoms with Crippen LogP contribution in [0.4, 0.5) is 13.2 Å². The molecule has 8 heteroatoms. The highest BCUT2D eigenvalue weighted by molar-refractivity contribution is 7.99. The predicted molar refractivity (Wildman–Crippen MR) is 78.9 cm³/mol. The highest BCUT2D eigenvalue weighted by Gasteiger charge is 2.49. The minimum atomic E-state index is -5.69. The molecule has 1 aromatic carbocycles. The van der Waals surface area contributed by atoms with Gasteiger partial charge in [0.25, 0.3) is 0 Å². The van der Waals surface area contributed by atoms with Crippen LogP contribution in [0.5, 0.6) is 0 Å². The molecule has 1 rings (SSSR count). The van der Waals surface area contributed by atoms with E-state index in [9.17, 15) is 21.6 Å². The van der Waals surface area contributed by atoms with Gasteiger partial charge in [-0.25, -0.2) is 0 Å². The van der Waals surface area contributed by atoms with Crippen LogP contribution in [0.25, 0.3) is 5.76 Å². The summed E-state index contributed by atoms with van der Waals surface area (Å²) < 4.78 is 64.7. The van der Waals surface area contributed by atoms with Gasteiger partial charge >= 0.3 is 15.6 Å². The van der Waals surface area contributed by atoms with Gasteiger partial charge in [-0.2, -0.15) is 21.6 Å². The van der Waals surface area contributed by atoms with E-state index in [1.807, 2.05) is 0 Å². The highest BCUT2D eigenvalue weighted by Crippen LogP contribution is 2.33. The van der Waals surface area contributed by atoms with Crippen molar-refractivity contribution < 1.29 is 25.8 Å². The van der Waals surface area contributed by atoms with Gasteiger partial charge in [0.15, 0.2) is 10.7 Å². The Bertz CT molecular complexity index is 605. The van der Waals surface area contributed by atoms with Gasteiger partial charge in [0.05, 0.1) is 0 Å². The van der Waals surface area contributed by atoms with E-state index in [4.69, 9.17) is 0 Å². The molecule has 0 atom stereocenters. The third kappa shape index (κ3) is 4.41. The molecule has 3 nitrogen and oxygen atoms in total. The van der Waals surface area contributed by atoms with E-state index >= 15 is 0 Å². The van der Waals surface area contributed by atoms with Crippen LogP contribution in [0.3, 0.4) is 0 Å². The number of hydrogen-bond donors (Lipinski definition) is 0. The Morgan fingerprint density at radius 3 is 2.10 bits per heavy atom. The highest BCUT2D eigenvalue weighted by atomic mass is 32.2. The van der Waals surface area contributed by atoms with E-state index in [1.54, 1.807) is 37.6 Å². The molecule has 0 aliphatic carbocycles. The van der Waals surface area contributed by atoms with Gasteiger partial charge in [-0.15, -0.1) is 0 Å². The summed E-state index contributed by atoms with van der Waals surface area (Å²) in [6, 6.07) is 7.93. The maximum atomic E-state index is 12.5. The van der Waals surface area contributed by atoms with E-state index in [0.717, 1.165) is 0 Å². The predicted octanol–water partition coefficient (Wildman–Crippen LogP) is 3.51. The third-order valence-corrected chi connectivity index (χ3v) is 4.99.